The topological polar surface area (TPSA) is 119 Å². The molecule has 220 valence electrons. The van der Waals surface area contributed by atoms with E-state index in [0.29, 0.717) is 12.6 Å². The van der Waals surface area contributed by atoms with Crippen molar-refractivity contribution in [1.29, 1.82) is 0 Å². The number of anilines is 1. The number of carbonyl (C=O) groups is 1. The summed E-state index contributed by atoms with van der Waals surface area (Å²) in [4.78, 5) is 20.2. The zero-order valence-electron chi connectivity index (χ0n) is 23.5. The number of amides is 1. The van der Waals surface area contributed by atoms with Gasteiger partial charge >= 0.3 is 0 Å². The number of ether oxygens (including phenoxy) is 2. The van der Waals surface area contributed by atoms with Crippen LogP contribution in [0, 0.1) is 5.82 Å². The Morgan fingerprint density at radius 1 is 1.15 bits per heavy atom. The molecule has 0 bridgehead atoms. The Kier molecular flexibility index (Phi) is 8.53. The molecule has 4 aliphatic rings. The summed E-state index contributed by atoms with van der Waals surface area (Å²) in [6.45, 7) is 4.24. The molecule has 5 heterocycles. The Hall–Kier alpha value is -2.34. The molecule has 40 heavy (non-hydrogen) atoms. The summed E-state index contributed by atoms with van der Waals surface area (Å²) in [6.07, 6.45) is 16.5. The highest BCUT2D eigenvalue weighted by Crippen LogP contribution is 2.35. The highest BCUT2D eigenvalue weighted by atomic mass is 19.1. The van der Waals surface area contributed by atoms with Crippen molar-refractivity contribution < 1.29 is 18.7 Å². The molecule has 11 heteroatoms. The molecule has 10 nitrogen and oxygen atoms in total. The summed E-state index contributed by atoms with van der Waals surface area (Å²) in [5.74, 6) is -0.866. The second-order valence-electron chi connectivity index (χ2n) is 12.3. The quantitative estimate of drug-likeness (QED) is 0.513. The van der Waals surface area contributed by atoms with Gasteiger partial charge in [0, 0.05) is 18.6 Å². The number of carbonyl (C=O) groups excluding carboxylic acids is 1. The fourth-order valence-electron chi connectivity index (χ4n) is 7.14. The Bertz CT molecular complexity index is 1160. The van der Waals surface area contributed by atoms with E-state index in [2.05, 4.69) is 25.6 Å². The Morgan fingerprint density at radius 2 is 1.90 bits per heavy atom. The van der Waals surface area contributed by atoms with Crippen molar-refractivity contribution in [1.82, 2.24) is 30.1 Å². The zero-order valence-corrected chi connectivity index (χ0v) is 23.5. The van der Waals surface area contributed by atoms with Crippen molar-refractivity contribution >= 4 is 17.4 Å². The lowest BCUT2D eigenvalue weighted by molar-refractivity contribution is -0.121. The van der Waals surface area contributed by atoms with E-state index < -0.39 is 5.82 Å². The first-order chi connectivity index (χ1) is 19.5. The van der Waals surface area contributed by atoms with E-state index in [9.17, 15) is 9.18 Å². The Labute approximate surface area is 235 Å². The van der Waals surface area contributed by atoms with Gasteiger partial charge in [-0.15, -0.1) is 5.10 Å². The molecule has 3 aliphatic heterocycles. The number of rotatable bonds is 5. The fraction of sp³-hybridized carbons (Fsp3) is 0.759. The van der Waals surface area contributed by atoms with E-state index in [0.717, 1.165) is 64.6 Å². The Balaban J connectivity index is 1.21. The fourth-order valence-corrected chi connectivity index (χ4v) is 7.14. The van der Waals surface area contributed by atoms with Gasteiger partial charge in [0.2, 0.25) is 0 Å². The maximum absolute atomic E-state index is 13.7. The van der Waals surface area contributed by atoms with E-state index in [1.807, 2.05) is 0 Å². The van der Waals surface area contributed by atoms with E-state index in [4.69, 9.17) is 15.2 Å². The minimum atomic E-state index is -0.544. The highest BCUT2D eigenvalue weighted by molar-refractivity contribution is 6.04. The first-order valence-corrected chi connectivity index (χ1v) is 15.3. The van der Waals surface area contributed by atoms with Gasteiger partial charge in [-0.2, -0.15) is 0 Å². The summed E-state index contributed by atoms with van der Waals surface area (Å²) < 4.78 is 27.3. The normalized spacial score (nSPS) is 28.8. The van der Waals surface area contributed by atoms with Crippen LogP contribution in [-0.2, 0) is 9.47 Å². The minimum Gasteiger partial charge on any atom is -0.381 e. The maximum atomic E-state index is 13.7. The molecule has 2 aromatic rings. The molecule has 1 aliphatic carbocycles. The molecule has 2 aromatic heterocycles. The van der Waals surface area contributed by atoms with Crippen molar-refractivity contribution in [3.05, 3.63) is 23.8 Å². The second-order valence-corrected chi connectivity index (χ2v) is 12.3. The molecule has 0 aromatic carbocycles. The second kappa shape index (κ2) is 12.3. The number of nitrogen functional groups attached to an aromatic ring is 1. The number of nitrogens with two attached hydrogens (primary N) is 1. The van der Waals surface area contributed by atoms with Gasteiger partial charge in [-0.1, -0.05) is 44.9 Å². The summed E-state index contributed by atoms with van der Waals surface area (Å²) >= 11 is 0. The molecular weight excluding hydrogens is 513 g/mol. The minimum absolute atomic E-state index is 0.0297. The van der Waals surface area contributed by atoms with Gasteiger partial charge in [0.1, 0.15) is 5.56 Å². The van der Waals surface area contributed by atoms with Crippen LogP contribution in [0.1, 0.15) is 87.4 Å². The van der Waals surface area contributed by atoms with Gasteiger partial charge in [0.05, 0.1) is 49.9 Å². The largest absolute Gasteiger partial charge is 0.381 e. The molecular formula is C29H44FN7O3. The molecule has 2 unspecified atom stereocenters. The molecule has 0 radical (unpaired) electrons. The van der Waals surface area contributed by atoms with Crippen LogP contribution < -0.4 is 16.4 Å². The Morgan fingerprint density at radius 3 is 2.62 bits per heavy atom. The summed E-state index contributed by atoms with van der Waals surface area (Å²) in [5.41, 5.74) is 6.55. The summed E-state index contributed by atoms with van der Waals surface area (Å²) in [7, 11) is 0. The van der Waals surface area contributed by atoms with Crippen molar-refractivity contribution in [3.8, 4) is 0 Å². The van der Waals surface area contributed by atoms with Gasteiger partial charge < -0.3 is 25.8 Å². The van der Waals surface area contributed by atoms with Crippen LogP contribution in [0.15, 0.2) is 12.4 Å². The van der Waals surface area contributed by atoms with E-state index in [1.54, 1.807) is 0 Å². The lowest BCUT2D eigenvalue weighted by atomic mass is 9.76. The van der Waals surface area contributed by atoms with Gasteiger partial charge in [-0.3, -0.25) is 9.69 Å². The molecule has 1 saturated carbocycles. The van der Waals surface area contributed by atoms with Gasteiger partial charge in [0.15, 0.2) is 17.3 Å². The molecule has 4 N–H and O–H groups in total. The van der Waals surface area contributed by atoms with Crippen molar-refractivity contribution in [2.75, 3.05) is 38.6 Å². The summed E-state index contributed by atoms with van der Waals surface area (Å²) in [6, 6.07) is 0.265. The number of nitrogens with one attached hydrogen (secondary N) is 2. The number of fused-ring (bicyclic) bond motifs is 1. The molecule has 1 amide bonds. The molecule has 6 rings (SSSR count). The number of nitrogens with zero attached hydrogens (tertiary/aromatic N) is 4. The van der Waals surface area contributed by atoms with E-state index in [1.165, 1.54) is 55.7 Å². The monoisotopic (exact) mass is 557 g/mol. The molecule has 3 atom stereocenters. The lowest BCUT2D eigenvalue weighted by Crippen LogP contribution is -2.64. The van der Waals surface area contributed by atoms with Crippen molar-refractivity contribution in [2.45, 2.75) is 107 Å². The van der Waals surface area contributed by atoms with Crippen LogP contribution in [0.5, 0.6) is 0 Å². The number of hydrogen-bond acceptors (Lipinski definition) is 8. The maximum Gasteiger partial charge on any atom is 0.259 e. The average Bonchev–Trinajstić information content (AvgIpc) is 3.23. The third-order valence-corrected chi connectivity index (χ3v) is 9.47. The predicted octanol–water partition coefficient (Wildman–Crippen LogP) is 3.05. The molecule has 4 fully saturated rings. The van der Waals surface area contributed by atoms with Crippen molar-refractivity contribution in [2.24, 2.45) is 0 Å². The van der Waals surface area contributed by atoms with Crippen LogP contribution >= 0.6 is 0 Å². The molecule has 1 spiro atoms. The van der Waals surface area contributed by atoms with Crippen LogP contribution in [0.2, 0.25) is 0 Å². The van der Waals surface area contributed by atoms with E-state index in [-0.39, 0.29) is 46.7 Å². The van der Waals surface area contributed by atoms with Gasteiger partial charge in [-0.05, 0) is 38.6 Å². The SMILES string of the molecule is Nc1nn2cc(F)cnc2c1C(=O)NC1CNC2(CCCCCCCCC2)CC1O[C@H]1CCCN(C2COC2)C1. The van der Waals surface area contributed by atoms with Crippen molar-refractivity contribution in [3.63, 3.8) is 0 Å². The smallest absolute Gasteiger partial charge is 0.259 e. The number of aromatic nitrogens is 3. The summed E-state index contributed by atoms with van der Waals surface area (Å²) in [5, 5.41) is 11.2. The number of likely N-dealkylation sites (tertiary alicyclic amines) is 1. The third kappa shape index (κ3) is 6.12. The van der Waals surface area contributed by atoms with Gasteiger partial charge in [0.25, 0.3) is 5.91 Å². The number of hydrogen-bond donors (Lipinski definition) is 3. The predicted molar refractivity (Wildman–Crippen MR) is 150 cm³/mol. The molecule has 3 saturated heterocycles. The van der Waals surface area contributed by atoms with Crippen LogP contribution in [0.3, 0.4) is 0 Å². The standard InChI is InChI=1S/C29H44FN7O3/c30-20-14-32-27-25(26(31)35-37(27)16-20)28(38)34-23-15-33-29(10-6-4-2-1-3-5-7-11-29)13-24(23)40-22-9-8-12-36(17-22)21-18-39-19-21/h14,16,21-24,33H,1-13,15,17-19H2,(H2,31,35)(H,34,38)/t22-,23?,24?/m0/s1. The first-order valence-electron chi connectivity index (χ1n) is 15.3. The number of piperidine rings is 2. The third-order valence-electron chi connectivity index (χ3n) is 9.47. The average molecular weight is 558 g/mol. The van der Waals surface area contributed by atoms with Crippen LogP contribution in [0.25, 0.3) is 5.65 Å². The first kappa shape index (κ1) is 27.8. The zero-order chi connectivity index (χ0) is 27.5. The lowest BCUT2D eigenvalue weighted by Gasteiger charge is -2.48. The van der Waals surface area contributed by atoms with Crippen LogP contribution in [-0.4, -0.2) is 88.1 Å². The number of halogens is 1. The van der Waals surface area contributed by atoms with Gasteiger partial charge in [-0.25, -0.2) is 13.9 Å². The van der Waals surface area contributed by atoms with Crippen LogP contribution in [0.4, 0.5) is 10.2 Å². The highest BCUT2D eigenvalue weighted by Gasteiger charge is 2.43. The van der Waals surface area contributed by atoms with E-state index >= 15 is 0 Å².